The average Bonchev–Trinajstić information content (AvgIpc) is 2.45. The van der Waals surface area contributed by atoms with E-state index in [1.165, 1.54) is 11.3 Å². The molecule has 0 spiro atoms. The predicted molar refractivity (Wildman–Crippen MR) is 65.8 cm³/mol. The molecule has 0 bridgehead atoms. The molecule has 1 aromatic heterocycles. The van der Waals surface area contributed by atoms with Crippen molar-refractivity contribution in [1.29, 1.82) is 0 Å². The summed E-state index contributed by atoms with van der Waals surface area (Å²) in [7, 11) is 0. The zero-order valence-corrected chi connectivity index (χ0v) is 10.3. The molecule has 15 heavy (non-hydrogen) atoms. The summed E-state index contributed by atoms with van der Waals surface area (Å²) >= 11 is 0. The van der Waals surface area contributed by atoms with E-state index in [1.807, 2.05) is 23.9 Å². The molecule has 1 rings (SSSR count). The SMILES string of the molecule is C=C(C)/C=C(/C)n1ncc(C(C)C)c1C. The molecule has 0 radical (unpaired) electrons. The molecule has 0 aliphatic rings. The van der Waals surface area contributed by atoms with E-state index < -0.39 is 0 Å². The maximum atomic E-state index is 4.40. The fourth-order valence-electron chi connectivity index (χ4n) is 1.76. The second-order valence-electron chi connectivity index (χ2n) is 4.38. The quantitative estimate of drug-likeness (QED) is 0.686. The van der Waals surface area contributed by atoms with Crippen LogP contribution in [0, 0.1) is 6.92 Å². The fourth-order valence-corrected chi connectivity index (χ4v) is 1.76. The Morgan fingerprint density at radius 3 is 2.47 bits per heavy atom. The summed E-state index contributed by atoms with van der Waals surface area (Å²) in [5.41, 5.74) is 4.70. The summed E-state index contributed by atoms with van der Waals surface area (Å²) in [5, 5.41) is 4.40. The Morgan fingerprint density at radius 2 is 2.07 bits per heavy atom. The van der Waals surface area contributed by atoms with E-state index in [-0.39, 0.29) is 0 Å². The minimum atomic E-state index is 0.524. The maximum Gasteiger partial charge on any atom is 0.0531 e. The van der Waals surface area contributed by atoms with Gasteiger partial charge in [-0.25, -0.2) is 4.68 Å². The predicted octanol–water partition coefficient (Wildman–Crippen LogP) is 3.75. The van der Waals surface area contributed by atoms with Crippen molar-refractivity contribution in [2.75, 3.05) is 0 Å². The third-order valence-electron chi connectivity index (χ3n) is 2.46. The molecule has 0 atom stereocenters. The van der Waals surface area contributed by atoms with Gasteiger partial charge in [0.15, 0.2) is 0 Å². The summed E-state index contributed by atoms with van der Waals surface area (Å²) in [5.74, 6) is 0.524. The van der Waals surface area contributed by atoms with Crippen LogP contribution >= 0.6 is 0 Å². The summed E-state index contributed by atoms with van der Waals surface area (Å²) in [6, 6.07) is 0. The zero-order chi connectivity index (χ0) is 11.6. The van der Waals surface area contributed by atoms with Crippen LogP contribution < -0.4 is 0 Å². The molecule has 2 heteroatoms. The van der Waals surface area contributed by atoms with Gasteiger partial charge in [0, 0.05) is 11.4 Å². The first-order chi connectivity index (χ1) is 6.93. The van der Waals surface area contributed by atoms with Crippen molar-refractivity contribution < 1.29 is 0 Å². The molecular weight excluding hydrogens is 184 g/mol. The maximum absolute atomic E-state index is 4.40. The Morgan fingerprint density at radius 1 is 1.47 bits per heavy atom. The molecule has 82 valence electrons. The highest BCUT2D eigenvalue weighted by Crippen LogP contribution is 2.20. The number of hydrogen-bond acceptors (Lipinski definition) is 1. The molecule has 0 unspecified atom stereocenters. The minimum absolute atomic E-state index is 0.524. The largest absolute Gasteiger partial charge is 0.242 e. The lowest BCUT2D eigenvalue weighted by atomic mass is 10.1. The van der Waals surface area contributed by atoms with Crippen molar-refractivity contribution in [3.05, 3.63) is 35.7 Å². The normalized spacial score (nSPS) is 12.3. The van der Waals surface area contributed by atoms with Crippen LogP contribution in [0.1, 0.15) is 44.9 Å². The zero-order valence-electron chi connectivity index (χ0n) is 10.3. The van der Waals surface area contributed by atoms with Crippen LogP contribution in [0.4, 0.5) is 0 Å². The first-order valence-electron chi connectivity index (χ1n) is 5.32. The highest BCUT2D eigenvalue weighted by atomic mass is 15.3. The summed E-state index contributed by atoms with van der Waals surface area (Å²) in [4.78, 5) is 0. The van der Waals surface area contributed by atoms with Gasteiger partial charge in [-0.15, -0.1) is 0 Å². The summed E-state index contributed by atoms with van der Waals surface area (Å²) in [6.45, 7) is 14.4. The standard InChI is InChI=1S/C13H20N2/c1-9(2)7-11(5)15-12(6)13(8-14-15)10(3)4/h7-8,10H,1H2,2-6H3/b11-7-. The molecule has 1 aromatic rings. The number of allylic oxidation sites excluding steroid dienone is 3. The Hall–Kier alpha value is -1.31. The molecule has 0 amide bonds. The molecule has 1 heterocycles. The van der Waals surface area contributed by atoms with Crippen molar-refractivity contribution in [3.63, 3.8) is 0 Å². The van der Waals surface area contributed by atoms with E-state index in [0.29, 0.717) is 5.92 Å². The lowest BCUT2D eigenvalue weighted by Gasteiger charge is -2.07. The second-order valence-corrected chi connectivity index (χ2v) is 4.38. The molecule has 2 nitrogen and oxygen atoms in total. The first-order valence-corrected chi connectivity index (χ1v) is 5.32. The van der Waals surface area contributed by atoms with E-state index in [1.54, 1.807) is 0 Å². The van der Waals surface area contributed by atoms with E-state index in [0.717, 1.165) is 11.3 Å². The van der Waals surface area contributed by atoms with Gasteiger partial charge in [0.05, 0.1) is 6.20 Å². The van der Waals surface area contributed by atoms with Gasteiger partial charge < -0.3 is 0 Å². The van der Waals surface area contributed by atoms with E-state index in [2.05, 4.69) is 39.4 Å². The molecule has 0 aromatic carbocycles. The van der Waals surface area contributed by atoms with Gasteiger partial charge in [-0.1, -0.05) is 26.0 Å². The van der Waals surface area contributed by atoms with Crippen LogP contribution in [0.5, 0.6) is 0 Å². The van der Waals surface area contributed by atoms with Crippen LogP contribution in [-0.2, 0) is 0 Å². The monoisotopic (exact) mass is 204 g/mol. The minimum Gasteiger partial charge on any atom is -0.242 e. The molecule has 0 aliphatic carbocycles. The van der Waals surface area contributed by atoms with E-state index in [4.69, 9.17) is 0 Å². The molecule has 0 N–H and O–H groups in total. The van der Waals surface area contributed by atoms with Gasteiger partial charge in [-0.2, -0.15) is 5.10 Å². The summed E-state index contributed by atoms with van der Waals surface area (Å²) < 4.78 is 1.98. The van der Waals surface area contributed by atoms with Crippen molar-refractivity contribution in [2.45, 2.75) is 40.5 Å². The van der Waals surface area contributed by atoms with Crippen LogP contribution in [0.15, 0.2) is 24.4 Å². The number of nitrogens with zero attached hydrogens (tertiary/aromatic N) is 2. The van der Waals surface area contributed by atoms with Gasteiger partial charge in [-0.3, -0.25) is 0 Å². The highest BCUT2D eigenvalue weighted by Gasteiger charge is 2.09. The Balaban J connectivity index is 3.12. The van der Waals surface area contributed by atoms with Gasteiger partial charge in [0.25, 0.3) is 0 Å². The van der Waals surface area contributed by atoms with Crippen molar-refractivity contribution in [3.8, 4) is 0 Å². The highest BCUT2D eigenvalue weighted by molar-refractivity contribution is 5.48. The number of aromatic nitrogens is 2. The van der Waals surface area contributed by atoms with Gasteiger partial charge >= 0.3 is 0 Å². The van der Waals surface area contributed by atoms with Crippen LogP contribution in [0.2, 0.25) is 0 Å². The van der Waals surface area contributed by atoms with Crippen LogP contribution in [0.25, 0.3) is 5.70 Å². The average molecular weight is 204 g/mol. The van der Waals surface area contributed by atoms with E-state index in [9.17, 15) is 0 Å². The van der Waals surface area contributed by atoms with Crippen LogP contribution in [-0.4, -0.2) is 9.78 Å². The Labute approximate surface area is 92.3 Å². The third-order valence-corrected chi connectivity index (χ3v) is 2.46. The van der Waals surface area contributed by atoms with Crippen LogP contribution in [0.3, 0.4) is 0 Å². The van der Waals surface area contributed by atoms with Gasteiger partial charge in [0.1, 0.15) is 0 Å². The van der Waals surface area contributed by atoms with Gasteiger partial charge in [-0.05, 0) is 38.3 Å². The lowest BCUT2D eigenvalue weighted by molar-refractivity contribution is 0.831. The third kappa shape index (κ3) is 2.58. The van der Waals surface area contributed by atoms with E-state index >= 15 is 0 Å². The van der Waals surface area contributed by atoms with Gasteiger partial charge in [0.2, 0.25) is 0 Å². The number of hydrogen-bond donors (Lipinski definition) is 0. The molecule has 0 fully saturated rings. The first kappa shape index (κ1) is 11.8. The molecule has 0 saturated heterocycles. The Kier molecular flexibility index (Phi) is 3.51. The molecule has 0 saturated carbocycles. The fraction of sp³-hybridized carbons (Fsp3) is 0.462. The second kappa shape index (κ2) is 4.47. The Bertz CT molecular complexity index is 395. The smallest absolute Gasteiger partial charge is 0.0531 e. The summed E-state index contributed by atoms with van der Waals surface area (Å²) in [6.07, 6.45) is 4.00. The van der Waals surface area contributed by atoms with Crippen molar-refractivity contribution >= 4 is 5.70 Å². The topological polar surface area (TPSA) is 17.8 Å². The van der Waals surface area contributed by atoms with Crippen molar-refractivity contribution in [2.24, 2.45) is 0 Å². The lowest BCUT2D eigenvalue weighted by Crippen LogP contribution is -2.00. The molecule has 0 aliphatic heterocycles. The molecular formula is C13H20N2. The van der Waals surface area contributed by atoms with Crippen molar-refractivity contribution in [1.82, 2.24) is 9.78 Å². The number of rotatable bonds is 3.